The molecule has 0 amide bonds. The highest BCUT2D eigenvalue weighted by atomic mass is 14.9. The van der Waals surface area contributed by atoms with Crippen LogP contribution in [0.25, 0.3) is 0 Å². The van der Waals surface area contributed by atoms with E-state index < -0.39 is 5.66 Å². The summed E-state index contributed by atoms with van der Waals surface area (Å²) < 4.78 is 0. The van der Waals surface area contributed by atoms with E-state index in [1.165, 1.54) is 89.9 Å². The molecule has 1 aromatic carbocycles. The summed E-state index contributed by atoms with van der Waals surface area (Å²) in [7, 11) is 0. The summed E-state index contributed by atoms with van der Waals surface area (Å²) in [6, 6.07) is 10.1. The molecule has 0 fully saturated rings. The van der Waals surface area contributed by atoms with Gasteiger partial charge >= 0.3 is 0 Å². The van der Waals surface area contributed by atoms with Gasteiger partial charge in [0.15, 0.2) is 0 Å². The van der Waals surface area contributed by atoms with Crippen LogP contribution >= 0.6 is 0 Å². The summed E-state index contributed by atoms with van der Waals surface area (Å²) in [5.74, 6) is 0. The Morgan fingerprint density at radius 2 is 0.962 bits per heavy atom. The van der Waals surface area contributed by atoms with Crippen molar-refractivity contribution < 1.29 is 0 Å². The van der Waals surface area contributed by atoms with Crippen molar-refractivity contribution in [2.45, 2.75) is 115 Å². The molecule has 150 valence electrons. The number of hydrogen-bond donors (Lipinski definition) is 2. The predicted octanol–water partition coefficient (Wildman–Crippen LogP) is 7.02. The zero-order valence-electron chi connectivity index (χ0n) is 17.4. The molecule has 0 atom stereocenters. The second kappa shape index (κ2) is 15.2. The lowest BCUT2D eigenvalue weighted by Crippen LogP contribution is -2.45. The number of hydrogen-bond acceptors (Lipinski definition) is 2. The molecular weight excluding hydrogens is 316 g/mol. The van der Waals surface area contributed by atoms with Crippen molar-refractivity contribution in [1.29, 1.82) is 0 Å². The van der Waals surface area contributed by atoms with Crippen LogP contribution in [0.3, 0.4) is 0 Å². The zero-order valence-corrected chi connectivity index (χ0v) is 17.4. The Labute approximate surface area is 163 Å². The Bertz CT molecular complexity index is 413. The normalized spacial score (nSPS) is 11.8. The Hall–Kier alpha value is -0.860. The molecule has 0 heterocycles. The van der Waals surface area contributed by atoms with Crippen molar-refractivity contribution in [2.24, 2.45) is 11.5 Å². The number of rotatable bonds is 17. The van der Waals surface area contributed by atoms with Crippen LogP contribution in [0.2, 0.25) is 0 Å². The Morgan fingerprint density at radius 3 is 1.38 bits per heavy atom. The van der Waals surface area contributed by atoms with Crippen LogP contribution in [-0.4, -0.2) is 0 Å². The molecule has 2 nitrogen and oxygen atoms in total. The van der Waals surface area contributed by atoms with Gasteiger partial charge in [0.2, 0.25) is 0 Å². The molecule has 0 aliphatic heterocycles. The maximum Gasteiger partial charge on any atom is 0.0899 e. The Morgan fingerprint density at radius 1 is 0.577 bits per heavy atom. The summed E-state index contributed by atoms with van der Waals surface area (Å²) in [4.78, 5) is 0. The molecule has 0 aliphatic rings. The number of unbranched alkanes of at least 4 members (excludes halogenated alkanes) is 14. The summed E-state index contributed by atoms with van der Waals surface area (Å²) in [5, 5.41) is 0. The molecule has 26 heavy (non-hydrogen) atoms. The molecule has 2 heteroatoms. The van der Waals surface area contributed by atoms with Crippen molar-refractivity contribution in [1.82, 2.24) is 0 Å². The standard InChI is InChI=1S/C24H44N2/c1-2-3-4-5-6-7-8-9-10-11-12-13-14-15-19-22-24(25,26)23-20-17-16-18-21-23/h16-18,20-21H,2-15,19,22,25-26H2,1H3. The average molecular weight is 361 g/mol. The van der Waals surface area contributed by atoms with E-state index in [2.05, 4.69) is 6.92 Å². The van der Waals surface area contributed by atoms with E-state index in [0.29, 0.717) is 0 Å². The van der Waals surface area contributed by atoms with Crippen LogP contribution in [0.4, 0.5) is 0 Å². The summed E-state index contributed by atoms with van der Waals surface area (Å²) in [5.41, 5.74) is 12.9. The quantitative estimate of drug-likeness (QED) is 0.232. The summed E-state index contributed by atoms with van der Waals surface area (Å²) in [6.07, 6.45) is 21.6. The molecule has 0 radical (unpaired) electrons. The van der Waals surface area contributed by atoms with Gasteiger partial charge < -0.3 is 11.5 Å². The monoisotopic (exact) mass is 360 g/mol. The molecule has 1 aromatic rings. The maximum atomic E-state index is 6.27. The van der Waals surface area contributed by atoms with Gasteiger partial charge in [0.1, 0.15) is 0 Å². The fraction of sp³-hybridized carbons (Fsp3) is 0.750. The predicted molar refractivity (Wildman–Crippen MR) is 116 cm³/mol. The van der Waals surface area contributed by atoms with E-state index in [9.17, 15) is 0 Å². The average Bonchev–Trinajstić information content (AvgIpc) is 2.65. The summed E-state index contributed by atoms with van der Waals surface area (Å²) >= 11 is 0. The van der Waals surface area contributed by atoms with Gasteiger partial charge in [-0.15, -0.1) is 0 Å². The van der Waals surface area contributed by atoms with Gasteiger partial charge in [-0.25, -0.2) is 0 Å². The first kappa shape index (κ1) is 23.2. The van der Waals surface area contributed by atoms with Gasteiger partial charge in [-0.2, -0.15) is 0 Å². The Kier molecular flexibility index (Phi) is 13.6. The molecule has 1 rings (SSSR count). The lowest BCUT2D eigenvalue weighted by atomic mass is 9.94. The third-order valence-electron chi connectivity index (χ3n) is 5.51. The van der Waals surface area contributed by atoms with E-state index in [-0.39, 0.29) is 0 Å². The SMILES string of the molecule is CCCCCCCCCCCCCCCCCC(N)(N)c1ccccc1. The van der Waals surface area contributed by atoms with E-state index in [4.69, 9.17) is 11.5 Å². The molecule has 0 saturated carbocycles. The molecule has 0 saturated heterocycles. The lowest BCUT2D eigenvalue weighted by Gasteiger charge is -2.25. The fourth-order valence-corrected chi connectivity index (χ4v) is 3.68. The molecule has 0 aliphatic carbocycles. The van der Waals surface area contributed by atoms with Crippen molar-refractivity contribution in [2.75, 3.05) is 0 Å². The van der Waals surface area contributed by atoms with E-state index >= 15 is 0 Å². The third kappa shape index (κ3) is 11.7. The van der Waals surface area contributed by atoms with Gasteiger partial charge in [0.05, 0.1) is 5.66 Å². The van der Waals surface area contributed by atoms with Gasteiger partial charge in [0.25, 0.3) is 0 Å². The van der Waals surface area contributed by atoms with Gasteiger partial charge in [0, 0.05) is 0 Å². The van der Waals surface area contributed by atoms with Gasteiger partial charge in [-0.1, -0.05) is 127 Å². The fourth-order valence-electron chi connectivity index (χ4n) is 3.68. The van der Waals surface area contributed by atoms with Crippen LogP contribution in [0.15, 0.2) is 30.3 Å². The van der Waals surface area contributed by atoms with E-state index in [1.54, 1.807) is 0 Å². The highest BCUT2D eigenvalue weighted by Crippen LogP contribution is 2.20. The van der Waals surface area contributed by atoms with Crippen molar-refractivity contribution >= 4 is 0 Å². The van der Waals surface area contributed by atoms with Crippen LogP contribution in [-0.2, 0) is 5.66 Å². The zero-order chi connectivity index (χ0) is 18.9. The second-order valence-corrected chi connectivity index (χ2v) is 8.11. The highest BCUT2D eigenvalue weighted by Gasteiger charge is 2.20. The van der Waals surface area contributed by atoms with Gasteiger partial charge in [-0.05, 0) is 18.4 Å². The first-order valence-electron chi connectivity index (χ1n) is 11.3. The number of nitrogens with two attached hydrogens (primary N) is 2. The van der Waals surface area contributed by atoms with E-state index in [1.807, 2.05) is 30.3 Å². The minimum atomic E-state index is -0.669. The largest absolute Gasteiger partial charge is 0.310 e. The highest BCUT2D eigenvalue weighted by molar-refractivity contribution is 5.22. The lowest BCUT2D eigenvalue weighted by molar-refractivity contribution is 0.399. The maximum absolute atomic E-state index is 6.27. The molecule has 0 spiro atoms. The first-order valence-corrected chi connectivity index (χ1v) is 11.3. The van der Waals surface area contributed by atoms with Crippen LogP contribution < -0.4 is 11.5 Å². The van der Waals surface area contributed by atoms with Crippen molar-refractivity contribution in [3.63, 3.8) is 0 Å². The summed E-state index contributed by atoms with van der Waals surface area (Å²) in [6.45, 7) is 2.29. The van der Waals surface area contributed by atoms with Gasteiger partial charge in [-0.3, -0.25) is 0 Å². The van der Waals surface area contributed by atoms with Crippen LogP contribution in [0.5, 0.6) is 0 Å². The van der Waals surface area contributed by atoms with Crippen molar-refractivity contribution in [3.05, 3.63) is 35.9 Å². The minimum absolute atomic E-state index is 0.669. The third-order valence-corrected chi connectivity index (χ3v) is 5.51. The number of benzene rings is 1. The smallest absolute Gasteiger partial charge is 0.0899 e. The Balaban J connectivity index is 1.85. The minimum Gasteiger partial charge on any atom is -0.310 e. The second-order valence-electron chi connectivity index (χ2n) is 8.11. The molecule has 0 bridgehead atoms. The molecule has 0 aromatic heterocycles. The first-order chi connectivity index (χ1) is 12.7. The topological polar surface area (TPSA) is 52.0 Å². The molecule has 4 N–H and O–H groups in total. The molecular formula is C24H44N2. The van der Waals surface area contributed by atoms with E-state index in [0.717, 1.165) is 18.4 Å². The van der Waals surface area contributed by atoms with Crippen LogP contribution in [0, 0.1) is 0 Å². The van der Waals surface area contributed by atoms with Crippen molar-refractivity contribution in [3.8, 4) is 0 Å². The van der Waals surface area contributed by atoms with Crippen LogP contribution in [0.1, 0.15) is 115 Å². The molecule has 0 unspecified atom stereocenters.